The molecule has 1 aromatic carbocycles. The van der Waals surface area contributed by atoms with E-state index < -0.39 is 5.78 Å². The second kappa shape index (κ2) is 4.57. The van der Waals surface area contributed by atoms with Crippen molar-refractivity contribution >= 4 is 38.9 Å². The molecule has 0 fully saturated rings. The van der Waals surface area contributed by atoms with Gasteiger partial charge in [0, 0.05) is 18.8 Å². The molecule has 0 bridgehead atoms. The average Bonchev–Trinajstić information content (AvgIpc) is 2.94. The minimum Gasteiger partial charge on any atom is -0.302 e. The zero-order chi connectivity index (χ0) is 14.4. The van der Waals surface area contributed by atoms with Crippen LogP contribution in [0.4, 0.5) is 0 Å². The molecule has 3 aromatic rings. The number of carbonyl (C=O) groups excluding carboxylic acids is 1. The van der Waals surface area contributed by atoms with Crippen LogP contribution in [0.5, 0.6) is 0 Å². The average molecular weight is 308 g/mol. The Bertz CT molecular complexity index is 891. The van der Waals surface area contributed by atoms with Crippen LogP contribution < -0.4 is 5.56 Å². The predicted molar refractivity (Wildman–Crippen MR) is 78.8 cm³/mol. The van der Waals surface area contributed by atoms with Crippen molar-refractivity contribution in [2.75, 3.05) is 0 Å². The maximum atomic E-state index is 12.4. The molecule has 102 valence electrons. The zero-order valence-electron chi connectivity index (χ0n) is 10.7. The number of hydrogen-bond donors (Lipinski definition) is 1. The summed E-state index contributed by atoms with van der Waals surface area (Å²) >= 11 is 7.77. The fraction of sp³-hybridized carbons (Fsp3) is 0.154. The summed E-state index contributed by atoms with van der Waals surface area (Å²) < 4.78 is 2.16. The summed E-state index contributed by atoms with van der Waals surface area (Å²) in [6.45, 7) is 1.88. The van der Waals surface area contributed by atoms with Crippen LogP contribution in [0.3, 0.4) is 0 Å². The van der Waals surface area contributed by atoms with Gasteiger partial charge in [-0.15, -0.1) is 11.3 Å². The molecule has 0 radical (unpaired) electrons. The predicted octanol–water partition coefficient (Wildman–Crippen LogP) is 2.52. The summed E-state index contributed by atoms with van der Waals surface area (Å²) in [6.07, 6.45) is 1.39. The van der Waals surface area contributed by atoms with Gasteiger partial charge in [0.2, 0.25) is 5.78 Å². The number of aryl methyl sites for hydroxylation is 2. The molecule has 0 amide bonds. The Morgan fingerprint density at radius 1 is 1.40 bits per heavy atom. The van der Waals surface area contributed by atoms with Gasteiger partial charge in [-0.2, -0.15) is 0 Å². The van der Waals surface area contributed by atoms with E-state index in [0.717, 1.165) is 9.71 Å². The van der Waals surface area contributed by atoms with Gasteiger partial charge in [0.1, 0.15) is 11.1 Å². The van der Waals surface area contributed by atoms with Crippen LogP contribution in [-0.2, 0) is 7.05 Å². The Morgan fingerprint density at radius 3 is 2.80 bits per heavy atom. The molecule has 7 heteroatoms. The third-order valence-corrected chi connectivity index (χ3v) is 4.35. The second-order valence-electron chi connectivity index (χ2n) is 4.39. The Kier molecular flexibility index (Phi) is 2.99. The number of benzene rings is 1. The number of ketones is 1. The van der Waals surface area contributed by atoms with Crippen molar-refractivity contribution in [1.82, 2.24) is 14.8 Å². The quantitative estimate of drug-likeness (QED) is 0.740. The van der Waals surface area contributed by atoms with Gasteiger partial charge in [-0.3, -0.25) is 14.3 Å². The molecule has 0 aliphatic carbocycles. The first-order valence-corrected chi connectivity index (χ1v) is 7.03. The Hall–Kier alpha value is -1.92. The SMILES string of the molecule is Cc1nc2c(Cl)c(C(=O)c3c[nH]n(C)c3=O)ccc2s1. The first kappa shape index (κ1) is 13.1. The third-order valence-electron chi connectivity index (χ3n) is 3.03. The van der Waals surface area contributed by atoms with Crippen molar-refractivity contribution in [1.29, 1.82) is 0 Å². The highest BCUT2D eigenvalue weighted by molar-refractivity contribution is 7.18. The van der Waals surface area contributed by atoms with Crippen molar-refractivity contribution in [3.8, 4) is 0 Å². The van der Waals surface area contributed by atoms with Crippen LogP contribution in [-0.4, -0.2) is 20.5 Å². The molecule has 0 aliphatic rings. The Balaban J connectivity index is 2.19. The van der Waals surface area contributed by atoms with Crippen LogP contribution >= 0.6 is 22.9 Å². The van der Waals surface area contributed by atoms with E-state index in [-0.39, 0.29) is 11.1 Å². The van der Waals surface area contributed by atoms with E-state index in [2.05, 4.69) is 10.1 Å². The summed E-state index contributed by atoms with van der Waals surface area (Å²) in [5, 5.41) is 3.85. The van der Waals surface area contributed by atoms with Crippen molar-refractivity contribution in [3.05, 3.63) is 49.8 Å². The van der Waals surface area contributed by atoms with E-state index in [9.17, 15) is 9.59 Å². The highest BCUT2D eigenvalue weighted by Gasteiger charge is 2.20. The molecule has 0 unspecified atom stereocenters. The standard InChI is InChI=1S/C13H10ClN3O2S/c1-6-16-11-9(20-6)4-3-7(10(11)14)12(18)8-5-15-17(2)13(8)19/h3-5,15H,1-2H3. The summed E-state index contributed by atoms with van der Waals surface area (Å²) in [4.78, 5) is 28.5. The molecular formula is C13H10ClN3O2S. The number of fused-ring (bicyclic) bond motifs is 1. The van der Waals surface area contributed by atoms with Gasteiger partial charge < -0.3 is 5.10 Å². The Labute approximate surface area is 122 Å². The number of thiazole rings is 1. The molecule has 0 aliphatic heterocycles. The highest BCUT2D eigenvalue weighted by Crippen LogP contribution is 2.31. The fourth-order valence-electron chi connectivity index (χ4n) is 2.02. The van der Waals surface area contributed by atoms with Crippen molar-refractivity contribution in [2.45, 2.75) is 6.92 Å². The Morgan fingerprint density at radius 2 is 2.15 bits per heavy atom. The number of rotatable bonds is 2. The molecular weight excluding hydrogens is 298 g/mol. The number of aromatic nitrogens is 3. The molecule has 2 heterocycles. The van der Waals surface area contributed by atoms with Crippen LogP contribution in [0.1, 0.15) is 20.9 Å². The first-order valence-electron chi connectivity index (χ1n) is 5.84. The molecule has 20 heavy (non-hydrogen) atoms. The number of halogens is 1. The number of nitrogens with zero attached hydrogens (tertiary/aromatic N) is 2. The van der Waals surface area contributed by atoms with Gasteiger partial charge >= 0.3 is 0 Å². The van der Waals surface area contributed by atoms with E-state index in [0.29, 0.717) is 16.1 Å². The lowest BCUT2D eigenvalue weighted by Crippen LogP contribution is -2.19. The fourth-order valence-corrected chi connectivity index (χ4v) is 3.20. The van der Waals surface area contributed by atoms with Gasteiger partial charge in [-0.05, 0) is 19.1 Å². The van der Waals surface area contributed by atoms with Crippen LogP contribution in [0.25, 0.3) is 10.2 Å². The summed E-state index contributed by atoms with van der Waals surface area (Å²) in [6, 6.07) is 3.44. The minimum atomic E-state index is -0.399. The van der Waals surface area contributed by atoms with Gasteiger partial charge in [-0.1, -0.05) is 11.6 Å². The maximum Gasteiger partial charge on any atom is 0.277 e. The number of H-pyrrole nitrogens is 1. The monoisotopic (exact) mass is 307 g/mol. The van der Waals surface area contributed by atoms with Gasteiger partial charge in [0.15, 0.2) is 0 Å². The molecule has 0 saturated carbocycles. The van der Waals surface area contributed by atoms with E-state index >= 15 is 0 Å². The lowest BCUT2D eigenvalue weighted by atomic mass is 10.1. The van der Waals surface area contributed by atoms with E-state index in [1.54, 1.807) is 19.2 Å². The normalized spacial score (nSPS) is 11.2. The summed E-state index contributed by atoms with van der Waals surface area (Å²) in [5.41, 5.74) is 0.592. The van der Waals surface area contributed by atoms with Crippen LogP contribution in [0, 0.1) is 6.92 Å². The molecule has 0 saturated heterocycles. The zero-order valence-corrected chi connectivity index (χ0v) is 12.3. The van der Waals surface area contributed by atoms with E-state index in [4.69, 9.17) is 11.6 Å². The summed E-state index contributed by atoms with van der Waals surface area (Å²) in [5.74, 6) is -0.399. The largest absolute Gasteiger partial charge is 0.302 e. The lowest BCUT2D eigenvalue weighted by molar-refractivity contribution is 0.103. The molecule has 2 aromatic heterocycles. The van der Waals surface area contributed by atoms with Crippen molar-refractivity contribution in [3.63, 3.8) is 0 Å². The topological polar surface area (TPSA) is 67.8 Å². The van der Waals surface area contributed by atoms with Gasteiger partial charge in [-0.25, -0.2) is 4.98 Å². The molecule has 3 rings (SSSR count). The summed E-state index contributed by atoms with van der Waals surface area (Å²) in [7, 11) is 1.55. The first-order chi connectivity index (χ1) is 9.49. The lowest BCUT2D eigenvalue weighted by Gasteiger charge is -2.01. The smallest absolute Gasteiger partial charge is 0.277 e. The number of hydrogen-bond acceptors (Lipinski definition) is 4. The minimum absolute atomic E-state index is 0.0701. The maximum absolute atomic E-state index is 12.4. The van der Waals surface area contributed by atoms with Crippen LogP contribution in [0.15, 0.2) is 23.1 Å². The number of carbonyl (C=O) groups is 1. The van der Waals surface area contributed by atoms with Crippen LogP contribution in [0.2, 0.25) is 5.02 Å². The number of nitrogens with one attached hydrogen (secondary N) is 1. The molecule has 5 nitrogen and oxygen atoms in total. The van der Waals surface area contributed by atoms with Crippen molar-refractivity contribution in [2.24, 2.45) is 7.05 Å². The third kappa shape index (κ3) is 1.88. The second-order valence-corrected chi connectivity index (χ2v) is 6.00. The van der Waals surface area contributed by atoms with Crippen molar-refractivity contribution < 1.29 is 4.79 Å². The highest BCUT2D eigenvalue weighted by atomic mass is 35.5. The van der Waals surface area contributed by atoms with Gasteiger partial charge in [0.25, 0.3) is 5.56 Å². The molecule has 0 spiro atoms. The van der Waals surface area contributed by atoms with E-state index in [1.165, 1.54) is 22.2 Å². The number of aromatic amines is 1. The van der Waals surface area contributed by atoms with E-state index in [1.807, 2.05) is 6.92 Å². The molecule has 0 atom stereocenters. The van der Waals surface area contributed by atoms with Gasteiger partial charge in [0.05, 0.1) is 14.7 Å². The molecule has 1 N–H and O–H groups in total.